The van der Waals surface area contributed by atoms with Crippen LogP contribution in [0.1, 0.15) is 42.5 Å². The summed E-state index contributed by atoms with van der Waals surface area (Å²) in [5.74, 6) is 0.759. The van der Waals surface area contributed by atoms with Crippen molar-refractivity contribution in [2.75, 3.05) is 12.4 Å². The van der Waals surface area contributed by atoms with Crippen LogP contribution in [0.4, 0.5) is 13.2 Å². The van der Waals surface area contributed by atoms with Crippen LogP contribution in [-0.4, -0.2) is 28.2 Å². The van der Waals surface area contributed by atoms with Gasteiger partial charge in [0.25, 0.3) is 5.56 Å². The average molecular weight is 472 g/mol. The predicted octanol–water partition coefficient (Wildman–Crippen LogP) is 5.32. The molecule has 2 aromatic rings. The molecule has 1 aliphatic rings. The van der Waals surface area contributed by atoms with E-state index in [0.29, 0.717) is 47.6 Å². The summed E-state index contributed by atoms with van der Waals surface area (Å²) in [4.78, 5) is 26.9. The molecule has 0 aliphatic heterocycles. The lowest BCUT2D eigenvalue weighted by atomic mass is 9.95. The number of nitrogens with one attached hydrogen (secondary N) is 1. The van der Waals surface area contributed by atoms with Gasteiger partial charge in [-0.2, -0.15) is 13.2 Å². The van der Waals surface area contributed by atoms with E-state index in [0.717, 1.165) is 11.0 Å². The van der Waals surface area contributed by atoms with Crippen molar-refractivity contribution in [1.82, 2.24) is 4.98 Å². The van der Waals surface area contributed by atoms with Crippen LogP contribution in [0.5, 0.6) is 0 Å². The number of ketones is 1. The van der Waals surface area contributed by atoms with Crippen LogP contribution in [0, 0.1) is 5.92 Å². The van der Waals surface area contributed by atoms with Crippen LogP contribution in [0.2, 0.25) is 5.02 Å². The quantitative estimate of drug-likeness (QED) is 0.423. The molecule has 1 saturated carbocycles. The monoisotopic (exact) mass is 471 g/mol. The van der Waals surface area contributed by atoms with E-state index in [-0.39, 0.29) is 24.0 Å². The second-order valence-corrected chi connectivity index (χ2v) is 8.85. The lowest BCUT2D eigenvalue weighted by Crippen LogP contribution is -2.22. The topological polar surface area (TPSA) is 70.2 Å². The molecule has 1 heterocycles. The highest BCUT2D eigenvalue weighted by Gasteiger charge is 2.34. The fourth-order valence-corrected chi connectivity index (χ4v) is 4.65. The predicted molar refractivity (Wildman–Crippen MR) is 115 cm³/mol. The van der Waals surface area contributed by atoms with Crippen LogP contribution < -0.4 is 5.56 Å². The number of aromatic amines is 1. The normalized spacial score (nSPS) is 17.4. The number of aliphatic hydroxyl groups excluding tert-OH is 1. The number of carbonyl (C=O) groups is 1. The van der Waals surface area contributed by atoms with E-state index < -0.39 is 17.3 Å². The third-order valence-electron chi connectivity index (χ3n) is 4.99. The van der Waals surface area contributed by atoms with Gasteiger partial charge in [0.15, 0.2) is 0 Å². The number of H-pyrrole nitrogens is 1. The molecule has 0 saturated heterocycles. The standard InChI is InChI=1S/C22H21ClF3NO3S/c23-18-12-14(3-7-20(18)31-9-1-8-28)16(11-13-2-4-15(29)10-13)19-6-5-17(21(30)27-19)22(24,25)26/h3,5-7,11-13,28H,1-2,4,8-10H2,(H,27,30)/t13-/m0/s1. The Balaban J connectivity index is 2.01. The van der Waals surface area contributed by atoms with Gasteiger partial charge in [0, 0.05) is 41.4 Å². The Bertz CT molecular complexity index is 1050. The van der Waals surface area contributed by atoms with Crippen molar-refractivity contribution < 1.29 is 23.1 Å². The maximum absolute atomic E-state index is 13.0. The first-order valence-corrected chi connectivity index (χ1v) is 11.1. The number of pyridine rings is 1. The molecule has 1 aromatic carbocycles. The minimum Gasteiger partial charge on any atom is -0.396 e. The van der Waals surface area contributed by atoms with Crippen molar-refractivity contribution >= 4 is 34.7 Å². The van der Waals surface area contributed by atoms with E-state index in [9.17, 15) is 22.8 Å². The molecule has 2 N–H and O–H groups in total. The highest BCUT2D eigenvalue weighted by atomic mass is 35.5. The Kier molecular flexibility index (Phi) is 7.67. The lowest BCUT2D eigenvalue weighted by molar-refractivity contribution is -0.138. The van der Waals surface area contributed by atoms with Gasteiger partial charge in [0.2, 0.25) is 0 Å². The number of aromatic nitrogens is 1. The Morgan fingerprint density at radius 1 is 1.26 bits per heavy atom. The number of allylic oxidation sites excluding steroid dienone is 1. The molecule has 0 amide bonds. The summed E-state index contributed by atoms with van der Waals surface area (Å²) in [6, 6.07) is 7.27. The van der Waals surface area contributed by atoms with Gasteiger partial charge in [0.05, 0.1) is 5.02 Å². The Morgan fingerprint density at radius 2 is 2.03 bits per heavy atom. The third kappa shape index (κ3) is 6.02. The molecule has 31 heavy (non-hydrogen) atoms. The molecule has 1 aliphatic carbocycles. The minimum absolute atomic E-state index is 0.0642. The van der Waals surface area contributed by atoms with Crippen molar-refractivity contribution in [2.45, 2.75) is 36.8 Å². The first kappa shape index (κ1) is 23.6. The molecule has 9 heteroatoms. The van der Waals surface area contributed by atoms with E-state index in [1.807, 2.05) is 6.08 Å². The number of thioether (sulfide) groups is 1. The highest BCUT2D eigenvalue weighted by Crippen LogP contribution is 2.35. The second-order valence-electron chi connectivity index (χ2n) is 7.31. The number of benzene rings is 1. The second kappa shape index (κ2) is 10.1. The van der Waals surface area contributed by atoms with E-state index >= 15 is 0 Å². The first-order chi connectivity index (χ1) is 14.7. The summed E-state index contributed by atoms with van der Waals surface area (Å²) in [6.07, 6.45) is -0.832. The summed E-state index contributed by atoms with van der Waals surface area (Å²) in [6.45, 7) is 0.0803. The maximum Gasteiger partial charge on any atom is 0.421 e. The molecule has 166 valence electrons. The van der Waals surface area contributed by atoms with Crippen molar-refractivity contribution in [3.8, 4) is 0 Å². The molecule has 0 unspecified atom stereocenters. The summed E-state index contributed by atoms with van der Waals surface area (Å²) in [5, 5.41) is 9.39. The molecule has 0 bridgehead atoms. The van der Waals surface area contributed by atoms with Gasteiger partial charge in [-0.15, -0.1) is 11.8 Å². The van der Waals surface area contributed by atoms with Crippen LogP contribution in [-0.2, 0) is 11.0 Å². The number of aliphatic hydroxyl groups is 1. The van der Waals surface area contributed by atoms with Crippen LogP contribution >= 0.6 is 23.4 Å². The zero-order chi connectivity index (χ0) is 22.6. The maximum atomic E-state index is 13.0. The van der Waals surface area contributed by atoms with Gasteiger partial charge in [-0.05, 0) is 48.6 Å². The van der Waals surface area contributed by atoms with Crippen molar-refractivity contribution in [2.24, 2.45) is 5.92 Å². The minimum atomic E-state index is -4.75. The Labute approximate surface area is 186 Å². The molecule has 1 fully saturated rings. The number of hydrogen-bond acceptors (Lipinski definition) is 4. The first-order valence-electron chi connectivity index (χ1n) is 9.77. The van der Waals surface area contributed by atoms with Gasteiger partial charge in [0.1, 0.15) is 11.3 Å². The number of halogens is 4. The van der Waals surface area contributed by atoms with Crippen LogP contribution in [0.15, 0.2) is 46.1 Å². The molecule has 0 spiro atoms. The molecular formula is C22H21ClF3NO3S. The average Bonchev–Trinajstić information content (AvgIpc) is 3.11. The number of alkyl halides is 3. The summed E-state index contributed by atoms with van der Waals surface area (Å²) < 4.78 is 39.0. The number of Topliss-reactive ketones (excluding diaryl/α,β-unsaturated/α-hetero) is 1. The van der Waals surface area contributed by atoms with E-state index in [1.54, 1.807) is 18.2 Å². The van der Waals surface area contributed by atoms with E-state index in [4.69, 9.17) is 16.7 Å². The largest absolute Gasteiger partial charge is 0.421 e. The zero-order valence-corrected chi connectivity index (χ0v) is 18.0. The molecule has 3 rings (SSSR count). The SMILES string of the molecule is O=C1CC[C@H](C=C(c2ccc(SCCCO)c(Cl)c2)c2ccc(C(F)(F)F)c(=O)[nH]2)C1. The molecule has 1 atom stereocenters. The van der Waals surface area contributed by atoms with Gasteiger partial charge in [-0.3, -0.25) is 9.59 Å². The number of carbonyl (C=O) groups excluding carboxylic acids is 1. The van der Waals surface area contributed by atoms with Gasteiger partial charge in [-0.1, -0.05) is 23.7 Å². The lowest BCUT2D eigenvalue weighted by Gasteiger charge is -2.14. The zero-order valence-electron chi connectivity index (χ0n) is 16.5. The number of hydrogen-bond donors (Lipinski definition) is 2. The smallest absolute Gasteiger partial charge is 0.396 e. The van der Waals surface area contributed by atoms with Crippen molar-refractivity contribution in [3.63, 3.8) is 0 Å². The van der Waals surface area contributed by atoms with Crippen molar-refractivity contribution in [1.29, 1.82) is 0 Å². The van der Waals surface area contributed by atoms with Gasteiger partial charge >= 0.3 is 6.18 Å². The summed E-state index contributed by atoms with van der Waals surface area (Å²) in [5.41, 5.74) is -1.10. The fraction of sp³-hybridized carbons (Fsp3) is 0.364. The third-order valence-corrected chi connectivity index (χ3v) is 6.58. The molecule has 1 aromatic heterocycles. The highest BCUT2D eigenvalue weighted by molar-refractivity contribution is 7.99. The Morgan fingerprint density at radius 3 is 2.61 bits per heavy atom. The van der Waals surface area contributed by atoms with E-state index in [1.165, 1.54) is 17.8 Å². The number of rotatable bonds is 7. The molecular weight excluding hydrogens is 451 g/mol. The molecule has 0 radical (unpaired) electrons. The van der Waals surface area contributed by atoms with Crippen LogP contribution in [0.3, 0.4) is 0 Å². The summed E-state index contributed by atoms with van der Waals surface area (Å²) >= 11 is 7.90. The molecule has 4 nitrogen and oxygen atoms in total. The van der Waals surface area contributed by atoms with Crippen LogP contribution in [0.25, 0.3) is 5.57 Å². The van der Waals surface area contributed by atoms with Crippen molar-refractivity contribution in [3.05, 3.63) is 68.6 Å². The van der Waals surface area contributed by atoms with E-state index in [2.05, 4.69) is 4.98 Å². The van der Waals surface area contributed by atoms with Gasteiger partial charge in [-0.25, -0.2) is 0 Å². The Hall–Kier alpha value is -2.03. The van der Waals surface area contributed by atoms with Gasteiger partial charge < -0.3 is 10.1 Å². The summed E-state index contributed by atoms with van der Waals surface area (Å²) in [7, 11) is 0. The fourth-order valence-electron chi connectivity index (χ4n) is 3.45.